The number of allylic oxidation sites excluding steroid dienone is 1. The second-order valence-corrected chi connectivity index (χ2v) is 15.2. The largest absolute Gasteiger partial charge is 1.00 e. The van der Waals surface area contributed by atoms with Crippen LogP contribution in [0.2, 0.25) is 5.28 Å². The summed E-state index contributed by atoms with van der Waals surface area (Å²) in [4.78, 5) is 25.2. The van der Waals surface area contributed by atoms with Crippen LogP contribution in [0.25, 0.3) is 16.8 Å². The molecule has 0 aliphatic heterocycles. The molecule has 17 nitrogen and oxygen atoms in total. The Kier molecular flexibility index (Phi) is 15.8. The Labute approximate surface area is 386 Å². The van der Waals surface area contributed by atoms with Crippen LogP contribution in [0.3, 0.4) is 0 Å². The molecule has 0 atom stereocenters. The van der Waals surface area contributed by atoms with Gasteiger partial charge in [-0.1, -0.05) is 48.5 Å². The molecule has 4 aromatic carbocycles. The molecular weight excluding hydrogens is 831 g/mol. The van der Waals surface area contributed by atoms with Crippen LogP contribution in [0, 0.1) is 0 Å². The number of hydrogen-bond donors (Lipinski definition) is 2. The van der Waals surface area contributed by atoms with Gasteiger partial charge in [0.25, 0.3) is 0 Å². The van der Waals surface area contributed by atoms with Crippen molar-refractivity contribution in [1.82, 2.24) is 15.0 Å². The van der Waals surface area contributed by atoms with Gasteiger partial charge in [0.2, 0.25) is 23.0 Å². The Morgan fingerprint density at radius 3 is 2.05 bits per heavy atom. The first-order chi connectivity index (χ1) is 24.5. The van der Waals surface area contributed by atoms with E-state index in [0.29, 0.717) is 29.8 Å². The minimum Gasteiger partial charge on any atom is -0.744 e. The van der Waals surface area contributed by atoms with Crippen molar-refractivity contribution in [2.45, 2.75) is 16.7 Å². The predicted octanol–water partition coefficient (Wildman–Crippen LogP) is -5.05. The zero-order valence-electron chi connectivity index (χ0n) is 29.2. The van der Waals surface area contributed by atoms with Gasteiger partial charge in [-0.3, -0.25) is 10.2 Å². The molecule has 0 amide bonds. The van der Waals surface area contributed by atoms with Crippen LogP contribution in [0.4, 0.5) is 29.0 Å². The van der Waals surface area contributed by atoms with Crippen LogP contribution in [-0.4, -0.2) is 71.9 Å². The van der Waals surface area contributed by atoms with Crippen molar-refractivity contribution >= 4 is 99.3 Å². The maximum Gasteiger partial charge on any atom is 1.00 e. The summed E-state index contributed by atoms with van der Waals surface area (Å²) in [5, 5.41) is 6.41. The maximum absolute atomic E-state index is 14.1. The third-order valence-electron chi connectivity index (χ3n) is 7.55. The summed E-state index contributed by atoms with van der Waals surface area (Å²) in [7, 11) is -16.0. The van der Waals surface area contributed by atoms with Gasteiger partial charge < -0.3 is 23.9 Å². The molecule has 2 N–H and O–H groups in total. The van der Waals surface area contributed by atoms with Crippen molar-refractivity contribution in [2.24, 2.45) is 5.10 Å². The summed E-state index contributed by atoms with van der Waals surface area (Å²) in [6.45, 7) is 2.14. The number of hydrogen-bond acceptors (Lipinski definition) is 17. The number of hydrazone groups is 1. The summed E-state index contributed by atoms with van der Waals surface area (Å²) in [6, 6.07) is 18.8. The first-order valence-corrected chi connectivity index (χ1v) is 19.2. The van der Waals surface area contributed by atoms with Gasteiger partial charge in [0.1, 0.15) is 36.1 Å². The number of Topliss-reactive ketones (excluding diaryl/α,β-unsaturated/α-hetero) is 1. The molecule has 0 saturated heterocycles. The van der Waals surface area contributed by atoms with Crippen LogP contribution in [0.1, 0.15) is 22.8 Å². The topological polar surface area (TPSA) is 267 Å². The van der Waals surface area contributed by atoms with E-state index in [1.54, 1.807) is 48.2 Å². The molecule has 6 rings (SSSR count). The number of carbonyl (C=O) groups is 1. The smallest absolute Gasteiger partial charge is 0.744 e. The fourth-order valence-electron chi connectivity index (χ4n) is 5.38. The fraction of sp³-hybridized carbons (Fsp3) is 0.0645. The third kappa shape index (κ3) is 10.4. The summed E-state index contributed by atoms with van der Waals surface area (Å²) in [5.74, 6) is -1.62. The third-order valence-corrected chi connectivity index (χ3v) is 10.3. The molecule has 1 aromatic heterocycles. The van der Waals surface area contributed by atoms with Gasteiger partial charge in [-0.2, -0.15) is 20.1 Å². The van der Waals surface area contributed by atoms with E-state index in [0.717, 1.165) is 12.1 Å². The number of halogens is 1. The molecule has 0 fully saturated rings. The summed E-state index contributed by atoms with van der Waals surface area (Å²) < 4.78 is 111. The van der Waals surface area contributed by atoms with Gasteiger partial charge in [-0.15, -0.1) is 0 Å². The Hall–Kier alpha value is -2.35. The van der Waals surface area contributed by atoms with E-state index in [9.17, 15) is 43.7 Å². The average molecular weight is 852 g/mol. The van der Waals surface area contributed by atoms with Crippen molar-refractivity contribution < 1.29 is 132 Å². The number of nitrogens with zero attached hydrogens (tertiary/aromatic N) is 5. The number of anilines is 5. The summed E-state index contributed by atoms with van der Waals surface area (Å²) >= 11 is 6.21. The molecule has 268 valence electrons. The van der Waals surface area contributed by atoms with Crippen LogP contribution in [-0.2, 0) is 30.4 Å². The molecule has 0 spiro atoms. The van der Waals surface area contributed by atoms with Gasteiger partial charge >= 0.3 is 88.7 Å². The summed E-state index contributed by atoms with van der Waals surface area (Å²) in [5.41, 5.74) is -0.0862. The van der Waals surface area contributed by atoms with Crippen molar-refractivity contribution in [3.63, 3.8) is 0 Å². The number of carbonyl (C=O) groups excluding carboxylic acids is 1. The van der Waals surface area contributed by atoms with Gasteiger partial charge in [0.15, 0.2) is 0 Å². The second-order valence-electron chi connectivity index (χ2n) is 10.8. The molecule has 5 aromatic rings. The maximum atomic E-state index is 14.1. The minimum absolute atomic E-state index is 0. The van der Waals surface area contributed by atoms with Crippen molar-refractivity contribution in [3.8, 4) is 0 Å². The molecular formula is C31H21ClN7Na3O10S3. The van der Waals surface area contributed by atoms with Gasteiger partial charge in [-0.05, 0) is 65.9 Å². The molecule has 1 aliphatic rings. The number of aromatic nitrogens is 3. The molecule has 24 heteroatoms. The number of nitrogens with one attached hydrogen (secondary N) is 2. The first kappa shape index (κ1) is 47.0. The monoisotopic (exact) mass is 851 g/mol. The minimum atomic E-state index is -5.56. The van der Waals surface area contributed by atoms with Crippen LogP contribution >= 0.6 is 11.6 Å². The molecule has 1 aliphatic carbocycles. The molecule has 0 radical (unpaired) electrons. The van der Waals surface area contributed by atoms with Gasteiger partial charge in [-0.25, -0.2) is 25.3 Å². The van der Waals surface area contributed by atoms with Gasteiger partial charge in [0, 0.05) is 17.6 Å². The van der Waals surface area contributed by atoms with Crippen LogP contribution < -0.4 is 104 Å². The summed E-state index contributed by atoms with van der Waals surface area (Å²) in [6.07, 6.45) is 0.616. The Bertz CT molecular complexity index is 2710. The predicted molar refractivity (Wildman–Crippen MR) is 187 cm³/mol. The molecule has 0 unspecified atom stereocenters. The van der Waals surface area contributed by atoms with E-state index in [1.807, 2.05) is 0 Å². The number of fused-ring (bicyclic) bond motifs is 2. The van der Waals surface area contributed by atoms with Crippen LogP contribution in [0.15, 0.2) is 98.7 Å². The molecule has 0 saturated carbocycles. The Morgan fingerprint density at radius 2 is 1.44 bits per heavy atom. The van der Waals surface area contributed by atoms with E-state index < -0.39 is 79.0 Å². The standard InChI is InChI=1S/C31H24ClN7O10S3.3Na/c1-2-39(19-9-4-3-5-10-19)31-35-29(32)34-30(36-31)33-23-16-20(50(41,42)43)14-18-15-24(51(44,45)46)26(27(40)25(18)23)38-37-22-13-12-17-8-6-7-11-21(17)28(22)52(47,48)49;;;/h3-16,37H,2H2,1H3,(H,41,42,43)(H,44,45,46)(H,47,48,49)(H,33,34,35,36);;;/q;3*+1/p-3/b38-26+;;;. The van der Waals surface area contributed by atoms with Crippen molar-refractivity contribution in [1.29, 1.82) is 0 Å². The van der Waals surface area contributed by atoms with Crippen molar-refractivity contribution in [3.05, 3.63) is 100 Å². The van der Waals surface area contributed by atoms with Crippen molar-refractivity contribution in [2.75, 3.05) is 22.2 Å². The van der Waals surface area contributed by atoms with Gasteiger partial charge in [0.05, 0.1) is 31.6 Å². The van der Waals surface area contributed by atoms with E-state index in [-0.39, 0.29) is 111 Å². The Balaban J connectivity index is 0.00000271. The molecule has 1 heterocycles. The first-order valence-electron chi connectivity index (χ1n) is 14.6. The zero-order chi connectivity index (χ0) is 37.6. The quantitative estimate of drug-likeness (QED) is 0.0757. The van der Waals surface area contributed by atoms with Crippen LogP contribution in [0.5, 0.6) is 0 Å². The SMILES string of the molecule is CCN(c1ccccc1)c1nc(Cl)nc(Nc2cc(S(=O)(=O)[O-])cc3c2C(=O)/C(=N/Nc2ccc4ccccc4c2S(=O)(=O)[O-])C(S(=O)(=O)[O-])=C3)n1.[Na+].[Na+].[Na+]. The molecule has 55 heavy (non-hydrogen) atoms. The second kappa shape index (κ2) is 18.5. The van der Waals surface area contributed by atoms with E-state index in [1.165, 1.54) is 24.3 Å². The zero-order valence-corrected chi connectivity index (χ0v) is 38.4. The number of para-hydroxylation sites is 1. The number of ketones is 1. The average Bonchev–Trinajstić information content (AvgIpc) is 3.06. The number of benzene rings is 4. The van der Waals surface area contributed by atoms with E-state index in [2.05, 4.69) is 30.8 Å². The van der Waals surface area contributed by atoms with E-state index in [4.69, 9.17) is 11.6 Å². The normalized spacial score (nSPS) is 13.4. The molecule has 0 bridgehead atoms. The fourth-order valence-corrected chi connectivity index (χ4v) is 7.56. The number of rotatable bonds is 10. The Morgan fingerprint density at radius 1 is 0.782 bits per heavy atom. The van der Waals surface area contributed by atoms with E-state index >= 15 is 0 Å².